The number of hydrogen-bond acceptors (Lipinski definition) is 24. The van der Waals surface area contributed by atoms with Crippen LogP contribution in [0.3, 0.4) is 0 Å². The molecule has 0 atom stereocenters. The zero-order valence-electron chi connectivity index (χ0n) is 78.6. The second-order valence-electron chi connectivity index (χ2n) is 35.6. The van der Waals surface area contributed by atoms with Crippen molar-refractivity contribution in [3.8, 4) is 67.5 Å². The number of sulfonamides is 2. The van der Waals surface area contributed by atoms with Gasteiger partial charge in [-0.05, 0) is 134 Å². The van der Waals surface area contributed by atoms with E-state index in [2.05, 4.69) is 74.8 Å². The minimum atomic E-state index is -3.42. The van der Waals surface area contributed by atoms with Gasteiger partial charge in [-0.2, -0.15) is 15.2 Å². The third-order valence-electron chi connectivity index (χ3n) is 25.7. The predicted molar refractivity (Wildman–Crippen MR) is 544 cm³/mol. The van der Waals surface area contributed by atoms with Crippen LogP contribution in [0, 0.1) is 5.92 Å². The average Bonchev–Trinajstić information content (AvgIpc) is 1.62. The Kier molecular flexibility index (Phi) is 31.0. The highest BCUT2D eigenvalue weighted by atomic mass is 35.5. The molecule has 15 heterocycles. The standard InChI is InChI=1S/C28H29ClN4O2.C25H26ClN7O3S.C24H28ClN5O4S.C23H22Cl2N6O3/c1-28(2,35)27(34)32-16-14-31(15-17-32)19-24-26(21-8-11-23(29)12-9-21)30-25-13-10-22(18-33(24)25)20-6-4-3-5-7-20;1-30(37(2,35)36)21-7-8-23-29-24(18-3-5-20(26)6-4-18)22(33(23)16-21)17-31-11-13-32(14-12-31)25(34)19-9-10-27-28-15-19;1-27(35(2,32)33)20-7-8-22-26-23(17-3-5-19(25)6-4-17)21(30(22)13-20)14-28-9-11-29(12-10-28)24(31)18-15-34-16-18;1-33-13-21(32)30-8-6-29(7-9-30)12-19-22(17-4-3-16(24)10-18(17)25)27-20-5-2-15(11-31(19)20)23-26-14-34-28-23/h3-13,18,35H,14-17,19H2,1-2H3;3-10,15-16H,11-14,17H2,1-2H3;3-8,13,18H,9-12,14-16H2,1-2H3;2-5,10-11,14H,6-9,12-13H2,1H3. The van der Waals surface area contributed by atoms with Crippen LogP contribution in [-0.2, 0) is 70.1 Å². The van der Waals surface area contributed by atoms with Gasteiger partial charge in [-0.3, -0.25) is 56.2 Å². The van der Waals surface area contributed by atoms with E-state index in [1.165, 1.54) is 61.1 Å². The molecule has 5 aliphatic rings. The zero-order valence-corrected chi connectivity index (χ0v) is 84.0. The van der Waals surface area contributed by atoms with E-state index in [9.17, 15) is 41.1 Å². The molecule has 734 valence electrons. The van der Waals surface area contributed by atoms with Gasteiger partial charge in [-0.1, -0.05) is 130 Å². The van der Waals surface area contributed by atoms with Gasteiger partial charge in [0, 0.05) is 225 Å². The molecule has 5 fully saturated rings. The van der Waals surface area contributed by atoms with Crippen LogP contribution >= 0.6 is 58.0 Å². The summed E-state index contributed by atoms with van der Waals surface area (Å²) in [6, 6.07) is 55.4. The van der Waals surface area contributed by atoms with Crippen molar-refractivity contribution in [1.82, 2.24) is 97.1 Å². The summed E-state index contributed by atoms with van der Waals surface area (Å²) >= 11 is 31.1. The summed E-state index contributed by atoms with van der Waals surface area (Å²) in [6.07, 6.45) is 14.4. The lowest BCUT2D eigenvalue weighted by Crippen LogP contribution is -2.53. The van der Waals surface area contributed by atoms with Gasteiger partial charge in [0.25, 0.3) is 11.8 Å². The molecular weight excluding hydrogens is 1940 g/mol. The van der Waals surface area contributed by atoms with Gasteiger partial charge in [0.05, 0.1) is 112 Å². The predicted octanol–water partition coefficient (Wildman–Crippen LogP) is 13.5. The van der Waals surface area contributed by atoms with Crippen LogP contribution in [0.2, 0.25) is 25.1 Å². The maximum absolute atomic E-state index is 12.8. The fourth-order valence-electron chi connectivity index (χ4n) is 17.5. The van der Waals surface area contributed by atoms with Crippen molar-refractivity contribution in [2.75, 3.05) is 167 Å². The van der Waals surface area contributed by atoms with E-state index < -0.39 is 25.6 Å². The van der Waals surface area contributed by atoms with E-state index >= 15 is 0 Å². The maximum atomic E-state index is 12.8. The molecule has 4 amide bonds. The maximum Gasteiger partial charge on any atom is 0.255 e. The van der Waals surface area contributed by atoms with Crippen LogP contribution in [0.5, 0.6) is 0 Å². The molecule has 1 N–H and O–H groups in total. The molecule has 0 unspecified atom stereocenters. The zero-order chi connectivity index (χ0) is 99.1. The molecule has 41 heteroatoms. The molecule has 0 bridgehead atoms. The summed E-state index contributed by atoms with van der Waals surface area (Å²) in [6.45, 7) is 17.5. The normalized spacial score (nSPS) is 15.5. The van der Waals surface area contributed by atoms with E-state index in [1.807, 2.05) is 168 Å². The van der Waals surface area contributed by atoms with Crippen LogP contribution in [0.4, 0.5) is 11.4 Å². The molecule has 0 aliphatic carbocycles. The van der Waals surface area contributed by atoms with Gasteiger partial charge < -0.3 is 47.5 Å². The number of carbonyl (C=O) groups excluding carboxylic acids is 4. The number of aliphatic hydroxyl groups is 1. The summed E-state index contributed by atoms with van der Waals surface area (Å²) in [5.74, 6) is 0.414. The average molecular weight is 2050 g/mol. The Hall–Kier alpha value is -12.4. The molecule has 0 spiro atoms. The van der Waals surface area contributed by atoms with Crippen LogP contribution in [0.15, 0.2) is 224 Å². The minimum absolute atomic E-state index is 0.00193. The highest BCUT2D eigenvalue weighted by Gasteiger charge is 2.36. The number of methoxy groups -OCH3 is 1. The number of carbonyl (C=O) groups is 4. The number of fused-ring (bicyclic) bond motifs is 4. The van der Waals surface area contributed by atoms with Gasteiger partial charge in [-0.15, -0.1) is 0 Å². The van der Waals surface area contributed by atoms with E-state index in [4.69, 9.17) is 91.9 Å². The number of imidazole rings is 4. The van der Waals surface area contributed by atoms with E-state index in [0.29, 0.717) is 158 Å². The molecule has 20 rings (SSSR count). The molecule has 5 aromatic carbocycles. The number of piperazine rings is 4. The molecule has 34 nitrogen and oxygen atoms in total. The number of ether oxygens (including phenoxy) is 2. The van der Waals surface area contributed by atoms with Crippen LogP contribution < -0.4 is 8.61 Å². The van der Waals surface area contributed by atoms with Crippen molar-refractivity contribution >= 4 is 136 Å². The lowest BCUT2D eigenvalue weighted by molar-refractivity contribution is -0.151. The largest absolute Gasteiger partial charge is 0.381 e. The van der Waals surface area contributed by atoms with E-state index in [0.717, 1.165) is 141 Å². The van der Waals surface area contributed by atoms with Crippen LogP contribution in [-0.4, -0.2) is 307 Å². The van der Waals surface area contributed by atoms with Crippen molar-refractivity contribution in [2.45, 2.75) is 45.6 Å². The quantitative estimate of drug-likeness (QED) is 0.0621. The summed E-state index contributed by atoms with van der Waals surface area (Å²) in [5, 5.41) is 24.7. The number of anilines is 2. The first kappa shape index (κ1) is 100. The number of pyridine rings is 4. The Morgan fingerprint density at radius 3 is 1.27 bits per heavy atom. The summed E-state index contributed by atoms with van der Waals surface area (Å²) < 4.78 is 74.3. The summed E-state index contributed by atoms with van der Waals surface area (Å²) in [7, 11) is -2.23. The number of halogens is 5. The summed E-state index contributed by atoms with van der Waals surface area (Å²) in [5.41, 5.74) is 17.4. The lowest BCUT2D eigenvalue weighted by atomic mass is 10.1. The molecular formula is C100H105Cl5N22O12S2. The number of nitrogens with zero attached hydrogens (tertiary/aromatic N) is 22. The topological polar surface area (TPSA) is 342 Å². The van der Waals surface area contributed by atoms with Crippen molar-refractivity contribution < 1.29 is 55.1 Å². The Morgan fingerprint density at radius 1 is 0.454 bits per heavy atom. The van der Waals surface area contributed by atoms with Gasteiger partial charge in [0.15, 0.2) is 0 Å². The van der Waals surface area contributed by atoms with Gasteiger partial charge >= 0.3 is 0 Å². The van der Waals surface area contributed by atoms with Crippen molar-refractivity contribution in [3.63, 3.8) is 0 Å². The third-order valence-corrected chi connectivity index (χ3v) is 29.4. The Bertz CT molecular complexity index is 7250. The Morgan fingerprint density at radius 2 is 0.858 bits per heavy atom. The molecule has 141 heavy (non-hydrogen) atoms. The van der Waals surface area contributed by atoms with Crippen molar-refractivity contribution in [2.24, 2.45) is 5.92 Å². The highest BCUT2D eigenvalue weighted by molar-refractivity contribution is 7.92. The van der Waals surface area contributed by atoms with Gasteiger partial charge in [0.1, 0.15) is 34.8 Å². The second-order valence-corrected chi connectivity index (χ2v) is 41.8. The lowest BCUT2D eigenvalue weighted by Gasteiger charge is -2.38. The molecule has 5 saturated heterocycles. The SMILES string of the molecule is CC(C)(O)C(=O)N1CCN(Cc2c(-c3ccc(Cl)cc3)nc3ccc(-c4ccccc4)cn23)CC1.CN(c1ccc2nc(-c3ccc(Cl)cc3)c(CN3CCN(C(=O)C4COC4)CC3)n2c1)S(C)(=O)=O.CN(c1ccc2nc(-c3ccc(Cl)cc3)c(CN3CCN(C(=O)c4ccnnc4)CC3)n2c1)S(C)(=O)=O.COCC(=O)N1CCN(Cc2c(-c3ccc(Cl)cc3Cl)nc3ccc(-c4ncon4)cn23)CC1. The van der Waals surface area contributed by atoms with Gasteiger partial charge in [0.2, 0.25) is 44.1 Å². The number of amides is 4. The number of rotatable bonds is 23. The molecule has 10 aromatic heterocycles. The first-order valence-corrected chi connectivity index (χ1v) is 51.4. The third kappa shape index (κ3) is 23.5. The van der Waals surface area contributed by atoms with Crippen LogP contribution in [0.1, 0.15) is 47.0 Å². The van der Waals surface area contributed by atoms with Crippen molar-refractivity contribution in [3.05, 3.63) is 273 Å². The molecule has 0 saturated carbocycles. The molecule has 15 aromatic rings. The highest BCUT2D eigenvalue weighted by Crippen LogP contribution is 2.38. The first-order chi connectivity index (χ1) is 67.7. The summed E-state index contributed by atoms with van der Waals surface area (Å²) in [4.78, 5) is 90.4. The molecule has 5 aliphatic heterocycles. The minimum Gasteiger partial charge on any atom is -0.381 e. The fraction of sp³-hybridized carbons (Fsp3) is 0.320. The number of hydrogen-bond donors (Lipinski definition) is 1. The second kappa shape index (κ2) is 43.6. The molecule has 0 radical (unpaired) electrons. The van der Waals surface area contributed by atoms with Crippen LogP contribution in [0.25, 0.3) is 90.1 Å². The smallest absolute Gasteiger partial charge is 0.255 e. The van der Waals surface area contributed by atoms with E-state index in [1.54, 1.807) is 49.2 Å². The first-order valence-electron chi connectivity index (χ1n) is 45.8. The number of aromatic nitrogens is 12. The van der Waals surface area contributed by atoms with Crippen molar-refractivity contribution in [1.29, 1.82) is 0 Å². The van der Waals surface area contributed by atoms with E-state index in [-0.39, 0.29) is 36.2 Å². The Labute approximate surface area is 840 Å². The number of benzene rings is 5. The fourth-order valence-corrected chi connectivity index (χ4v) is 19.4. The Balaban J connectivity index is 0.000000130. The monoisotopic (exact) mass is 2040 g/mol. The van der Waals surface area contributed by atoms with Gasteiger partial charge in [-0.25, -0.2) is 36.8 Å².